The number of aromatic nitrogens is 3. The van der Waals surface area contributed by atoms with Crippen LogP contribution in [0.4, 0.5) is 5.69 Å². The second-order valence-corrected chi connectivity index (χ2v) is 8.51. The van der Waals surface area contributed by atoms with Crippen LogP contribution in [0.1, 0.15) is 10.5 Å². The largest absolute Gasteiger partial charge is 0.497 e. The number of hydrogen-bond donors (Lipinski definition) is 0. The lowest BCUT2D eigenvalue weighted by Gasteiger charge is -2.36. The molecule has 35 heavy (non-hydrogen) atoms. The van der Waals surface area contributed by atoms with Gasteiger partial charge in [-0.2, -0.15) is 5.10 Å². The molecule has 0 aliphatic carbocycles. The molecule has 0 N–H and O–H groups in total. The Kier molecular flexibility index (Phi) is 6.18. The predicted molar refractivity (Wildman–Crippen MR) is 136 cm³/mol. The Hall–Kier alpha value is -4.20. The van der Waals surface area contributed by atoms with Gasteiger partial charge in [0, 0.05) is 45.1 Å². The van der Waals surface area contributed by atoms with Gasteiger partial charge in [-0.1, -0.05) is 0 Å². The van der Waals surface area contributed by atoms with E-state index in [2.05, 4.69) is 17.0 Å². The number of piperazine rings is 1. The first-order chi connectivity index (χ1) is 17.1. The van der Waals surface area contributed by atoms with Crippen LogP contribution in [-0.2, 0) is 7.05 Å². The number of rotatable bonds is 6. The van der Waals surface area contributed by atoms with E-state index in [-0.39, 0.29) is 5.91 Å². The molecule has 4 aromatic rings. The summed E-state index contributed by atoms with van der Waals surface area (Å²) in [5.74, 6) is 1.57. The van der Waals surface area contributed by atoms with Gasteiger partial charge in [0.1, 0.15) is 22.9 Å². The fourth-order valence-corrected chi connectivity index (χ4v) is 4.43. The average molecular weight is 472 g/mol. The highest BCUT2D eigenvalue weighted by Crippen LogP contribution is 2.25. The minimum Gasteiger partial charge on any atom is -0.497 e. The number of methoxy groups -OCH3 is 2. The number of carbonyl (C=O) groups is 1. The van der Waals surface area contributed by atoms with Gasteiger partial charge in [0.05, 0.1) is 25.6 Å². The Morgan fingerprint density at radius 3 is 1.97 bits per heavy atom. The Balaban J connectivity index is 1.40. The van der Waals surface area contributed by atoms with Crippen LogP contribution in [0.2, 0.25) is 0 Å². The van der Waals surface area contributed by atoms with Crippen molar-refractivity contribution in [3.63, 3.8) is 0 Å². The molecule has 180 valence electrons. The molecule has 0 saturated carbocycles. The maximum Gasteiger partial charge on any atom is 0.272 e. The molecule has 5 rings (SSSR count). The van der Waals surface area contributed by atoms with Gasteiger partial charge >= 0.3 is 0 Å². The topological polar surface area (TPSA) is 64.8 Å². The standard InChI is InChI=1S/C27H29N5O3/c1-29-14-4-5-25(29)24-19-26(32(28-24)21-8-12-23(35-3)13-9-21)27(33)31-17-15-30(16-18-31)20-6-10-22(34-2)11-7-20/h4-14,19H,15-18H2,1-3H3. The van der Waals surface area contributed by atoms with Gasteiger partial charge in [-0.05, 0) is 66.7 Å². The molecule has 0 bridgehead atoms. The van der Waals surface area contributed by atoms with Crippen LogP contribution in [0.15, 0.2) is 72.9 Å². The van der Waals surface area contributed by atoms with Crippen LogP contribution < -0.4 is 14.4 Å². The summed E-state index contributed by atoms with van der Waals surface area (Å²) in [5, 5.41) is 4.82. The lowest BCUT2D eigenvalue weighted by molar-refractivity contribution is 0.0737. The first-order valence-corrected chi connectivity index (χ1v) is 11.6. The van der Waals surface area contributed by atoms with Crippen LogP contribution in [0.3, 0.4) is 0 Å². The third-order valence-electron chi connectivity index (χ3n) is 6.46. The maximum atomic E-state index is 13.7. The fourth-order valence-electron chi connectivity index (χ4n) is 4.43. The van der Waals surface area contributed by atoms with Crippen molar-refractivity contribution in [2.45, 2.75) is 0 Å². The molecule has 2 aromatic carbocycles. The van der Waals surface area contributed by atoms with E-state index in [0.717, 1.165) is 47.4 Å². The van der Waals surface area contributed by atoms with Gasteiger partial charge in [-0.15, -0.1) is 0 Å². The Labute approximate surface area is 204 Å². The summed E-state index contributed by atoms with van der Waals surface area (Å²) in [7, 11) is 5.28. The van der Waals surface area contributed by atoms with Gasteiger partial charge in [-0.3, -0.25) is 4.79 Å². The molecule has 0 atom stereocenters. The highest BCUT2D eigenvalue weighted by molar-refractivity contribution is 5.94. The quantitative estimate of drug-likeness (QED) is 0.427. The first-order valence-electron chi connectivity index (χ1n) is 11.6. The van der Waals surface area contributed by atoms with E-state index in [4.69, 9.17) is 14.6 Å². The number of aryl methyl sites for hydroxylation is 1. The monoisotopic (exact) mass is 471 g/mol. The number of carbonyl (C=O) groups excluding carboxylic acids is 1. The molecule has 1 saturated heterocycles. The summed E-state index contributed by atoms with van der Waals surface area (Å²) in [6.07, 6.45) is 1.97. The highest BCUT2D eigenvalue weighted by atomic mass is 16.5. The molecule has 1 aliphatic heterocycles. The molecular weight excluding hydrogens is 442 g/mol. The van der Waals surface area contributed by atoms with E-state index >= 15 is 0 Å². The number of ether oxygens (including phenoxy) is 2. The lowest BCUT2D eigenvalue weighted by atomic mass is 10.2. The summed E-state index contributed by atoms with van der Waals surface area (Å²) in [6.45, 7) is 2.80. The summed E-state index contributed by atoms with van der Waals surface area (Å²) >= 11 is 0. The van der Waals surface area contributed by atoms with Crippen LogP contribution >= 0.6 is 0 Å². The van der Waals surface area contributed by atoms with Crippen molar-refractivity contribution < 1.29 is 14.3 Å². The molecule has 1 amide bonds. The van der Waals surface area contributed by atoms with Crippen molar-refractivity contribution in [2.24, 2.45) is 7.05 Å². The van der Waals surface area contributed by atoms with Crippen LogP contribution in [-0.4, -0.2) is 65.6 Å². The normalized spacial score (nSPS) is 13.7. The molecule has 3 heterocycles. The van der Waals surface area contributed by atoms with Crippen molar-refractivity contribution in [3.8, 4) is 28.6 Å². The maximum absolute atomic E-state index is 13.7. The summed E-state index contributed by atoms with van der Waals surface area (Å²) in [4.78, 5) is 17.9. The van der Waals surface area contributed by atoms with E-state index in [1.165, 1.54) is 0 Å². The zero-order chi connectivity index (χ0) is 24.4. The Bertz CT molecular complexity index is 1300. The molecule has 1 fully saturated rings. The first kappa shape index (κ1) is 22.6. The molecule has 8 nitrogen and oxygen atoms in total. The minimum atomic E-state index is -0.0249. The van der Waals surface area contributed by atoms with Crippen molar-refractivity contribution >= 4 is 11.6 Å². The third-order valence-corrected chi connectivity index (χ3v) is 6.46. The summed E-state index contributed by atoms with van der Waals surface area (Å²) in [5.41, 5.74) is 4.20. The van der Waals surface area contributed by atoms with Crippen molar-refractivity contribution in [1.29, 1.82) is 0 Å². The Morgan fingerprint density at radius 1 is 0.829 bits per heavy atom. The summed E-state index contributed by atoms with van der Waals surface area (Å²) in [6, 6.07) is 21.5. The lowest BCUT2D eigenvalue weighted by Crippen LogP contribution is -2.49. The molecule has 8 heteroatoms. The van der Waals surface area contributed by atoms with Gasteiger partial charge < -0.3 is 23.8 Å². The van der Waals surface area contributed by atoms with Crippen molar-refractivity contribution in [3.05, 3.63) is 78.6 Å². The number of amides is 1. The van der Waals surface area contributed by atoms with Crippen molar-refractivity contribution in [2.75, 3.05) is 45.3 Å². The second-order valence-electron chi connectivity index (χ2n) is 8.51. The smallest absolute Gasteiger partial charge is 0.272 e. The van der Waals surface area contributed by atoms with E-state index in [1.54, 1.807) is 18.9 Å². The molecular formula is C27H29N5O3. The highest BCUT2D eigenvalue weighted by Gasteiger charge is 2.27. The number of anilines is 1. The zero-order valence-corrected chi connectivity index (χ0v) is 20.2. The predicted octanol–water partition coefficient (Wildman–Crippen LogP) is 3.86. The van der Waals surface area contributed by atoms with E-state index < -0.39 is 0 Å². The van der Waals surface area contributed by atoms with E-state index in [1.807, 2.05) is 77.3 Å². The third kappa shape index (κ3) is 4.47. The minimum absolute atomic E-state index is 0.0249. The molecule has 0 spiro atoms. The zero-order valence-electron chi connectivity index (χ0n) is 20.2. The van der Waals surface area contributed by atoms with Crippen LogP contribution in [0, 0.1) is 0 Å². The van der Waals surface area contributed by atoms with Crippen LogP contribution in [0.25, 0.3) is 17.1 Å². The number of nitrogens with zero attached hydrogens (tertiary/aromatic N) is 5. The SMILES string of the molecule is COc1ccc(N2CCN(C(=O)c3cc(-c4cccn4C)nn3-c3ccc(OC)cc3)CC2)cc1. The van der Waals surface area contributed by atoms with E-state index in [9.17, 15) is 4.79 Å². The van der Waals surface area contributed by atoms with Crippen LogP contribution in [0.5, 0.6) is 11.5 Å². The molecule has 2 aromatic heterocycles. The molecule has 0 radical (unpaired) electrons. The molecule has 1 aliphatic rings. The van der Waals surface area contributed by atoms with Gasteiger partial charge in [0.15, 0.2) is 0 Å². The van der Waals surface area contributed by atoms with Gasteiger partial charge in [-0.25, -0.2) is 4.68 Å². The Morgan fingerprint density at radius 2 is 1.43 bits per heavy atom. The number of hydrogen-bond acceptors (Lipinski definition) is 5. The number of benzene rings is 2. The second kappa shape index (κ2) is 9.58. The summed E-state index contributed by atoms with van der Waals surface area (Å²) < 4.78 is 14.3. The van der Waals surface area contributed by atoms with Gasteiger partial charge in [0.2, 0.25) is 0 Å². The fraction of sp³-hybridized carbons (Fsp3) is 0.259. The van der Waals surface area contributed by atoms with Gasteiger partial charge in [0.25, 0.3) is 5.91 Å². The van der Waals surface area contributed by atoms with E-state index in [0.29, 0.717) is 18.8 Å². The van der Waals surface area contributed by atoms with Crippen molar-refractivity contribution in [1.82, 2.24) is 19.2 Å². The molecule has 0 unspecified atom stereocenters. The average Bonchev–Trinajstić information content (AvgIpc) is 3.55.